The molecule has 0 fully saturated rings. The van der Waals surface area contributed by atoms with Crippen molar-refractivity contribution in [2.75, 3.05) is 20.7 Å². The molecule has 0 atom stereocenters. The first kappa shape index (κ1) is 15.6. The van der Waals surface area contributed by atoms with Crippen LogP contribution in [-0.4, -0.2) is 38.7 Å². The Bertz CT molecular complexity index is 1190. The summed E-state index contributed by atoms with van der Waals surface area (Å²) in [5.41, 5.74) is 0.649. The van der Waals surface area contributed by atoms with Crippen LogP contribution in [0.5, 0.6) is 17.2 Å². The van der Waals surface area contributed by atoms with Gasteiger partial charge in [0.25, 0.3) is 0 Å². The minimum atomic E-state index is -2.99. The van der Waals surface area contributed by atoms with Crippen LogP contribution in [0.15, 0.2) is 30.3 Å². The maximum atomic E-state index is 12.6. The van der Waals surface area contributed by atoms with Crippen LogP contribution in [-0.2, 0) is 20.9 Å². The van der Waals surface area contributed by atoms with E-state index in [1.54, 1.807) is 45.9 Å². The first-order valence-corrected chi connectivity index (χ1v) is 9.66. The van der Waals surface area contributed by atoms with Crippen molar-refractivity contribution in [3.8, 4) is 28.4 Å². The third-order valence-corrected chi connectivity index (χ3v) is 4.76. The Morgan fingerprint density at radius 3 is 2.58 bits per heavy atom. The second kappa shape index (κ2) is 8.88. The molecule has 0 aliphatic carbocycles. The molecule has 0 saturated carbocycles. The zero-order valence-corrected chi connectivity index (χ0v) is 17.7. The van der Waals surface area contributed by atoms with Gasteiger partial charge in [0.05, 0.1) is 39.4 Å². The first-order chi connectivity index (χ1) is 17.0. The number of hydrogen-bond donors (Lipinski definition) is 0. The summed E-state index contributed by atoms with van der Waals surface area (Å²) in [5.74, 6) is -2.04. The lowest BCUT2D eigenvalue weighted by Gasteiger charge is -2.26. The number of cyclic esters (lactones) is 1. The normalized spacial score (nSPS) is 16.6. The molecular weight excluding hydrogens is 400 g/mol. The number of fused-ring (bicyclic) bond motifs is 1. The minimum Gasteiger partial charge on any atom is -0.493 e. The third kappa shape index (κ3) is 4.60. The number of esters is 2. The summed E-state index contributed by atoms with van der Waals surface area (Å²) in [6, 6.07) is 7.56. The van der Waals surface area contributed by atoms with Crippen LogP contribution in [0.2, 0.25) is 0 Å². The smallest absolute Gasteiger partial charge is 0.338 e. The topological polar surface area (TPSA) is 80.3 Å². The van der Waals surface area contributed by atoms with Crippen LogP contribution >= 0.6 is 0 Å². The molecule has 0 saturated heterocycles. The van der Waals surface area contributed by atoms with E-state index in [1.165, 1.54) is 12.1 Å². The van der Waals surface area contributed by atoms with Crippen molar-refractivity contribution in [3.63, 3.8) is 0 Å². The molecule has 1 aliphatic heterocycles. The van der Waals surface area contributed by atoms with Gasteiger partial charge in [0.2, 0.25) is 5.75 Å². The molecule has 0 bridgehead atoms. The molecule has 1 heterocycles. The van der Waals surface area contributed by atoms with E-state index in [0.717, 1.165) is 0 Å². The molecule has 0 spiro atoms. The van der Waals surface area contributed by atoms with Crippen LogP contribution in [0.3, 0.4) is 0 Å². The lowest BCUT2D eigenvalue weighted by molar-refractivity contribution is -0.159. The van der Waals surface area contributed by atoms with E-state index in [4.69, 9.17) is 31.9 Å². The van der Waals surface area contributed by atoms with Crippen molar-refractivity contribution >= 4 is 11.9 Å². The van der Waals surface area contributed by atoms with Gasteiger partial charge < -0.3 is 23.7 Å². The van der Waals surface area contributed by atoms with Gasteiger partial charge in [0.1, 0.15) is 13.2 Å². The van der Waals surface area contributed by atoms with Gasteiger partial charge in [-0.2, -0.15) is 0 Å². The van der Waals surface area contributed by atoms with E-state index >= 15 is 0 Å². The van der Waals surface area contributed by atoms with E-state index in [0.29, 0.717) is 22.3 Å². The quantitative estimate of drug-likeness (QED) is 0.570. The lowest BCUT2D eigenvalue weighted by atomic mass is 9.94. The average molecular weight is 435 g/mol. The lowest BCUT2D eigenvalue weighted by Crippen LogP contribution is -2.34. The summed E-state index contributed by atoms with van der Waals surface area (Å²) in [4.78, 5) is 24.5. The van der Waals surface area contributed by atoms with Gasteiger partial charge >= 0.3 is 11.9 Å². The van der Waals surface area contributed by atoms with E-state index in [9.17, 15) is 9.59 Å². The zero-order valence-electron chi connectivity index (χ0n) is 23.7. The number of methoxy groups -OCH3 is 2. The van der Waals surface area contributed by atoms with E-state index < -0.39 is 42.9 Å². The SMILES string of the molecule is [2H]C([2H])([2H])Oc1ccc(-c2ccc3c(c2)COC3=O)c(OCC(C)(C)C(=O)OC(C)C)c1OC([2H])([2H])[2H]. The zero-order chi connectivity index (χ0) is 27.8. The summed E-state index contributed by atoms with van der Waals surface area (Å²) in [6.45, 7) is 6.36. The largest absolute Gasteiger partial charge is 0.493 e. The highest BCUT2D eigenvalue weighted by atomic mass is 16.6. The Balaban J connectivity index is 2.15. The third-order valence-electron chi connectivity index (χ3n) is 4.76. The molecule has 3 rings (SSSR count). The minimum absolute atomic E-state index is 0.0607. The maximum Gasteiger partial charge on any atom is 0.338 e. The molecule has 7 heteroatoms. The highest BCUT2D eigenvalue weighted by molar-refractivity contribution is 5.94. The molecule has 166 valence electrons. The summed E-state index contributed by atoms with van der Waals surface area (Å²) < 4.78 is 71.8. The van der Waals surface area contributed by atoms with Gasteiger partial charge in [-0.25, -0.2) is 4.79 Å². The second-order valence-corrected chi connectivity index (χ2v) is 8.05. The number of hydrogen-bond acceptors (Lipinski definition) is 7. The fourth-order valence-electron chi connectivity index (χ4n) is 3.08. The second-order valence-electron chi connectivity index (χ2n) is 8.05. The number of carbonyl (C=O) groups excluding carboxylic acids is 2. The highest BCUT2D eigenvalue weighted by Gasteiger charge is 2.32. The van der Waals surface area contributed by atoms with Crippen molar-refractivity contribution in [2.24, 2.45) is 5.41 Å². The average Bonchev–Trinajstić information content (AvgIpc) is 3.11. The summed E-state index contributed by atoms with van der Waals surface area (Å²) in [7, 11) is -5.91. The van der Waals surface area contributed by atoms with E-state index in [1.807, 2.05) is 0 Å². The highest BCUT2D eigenvalue weighted by Crippen LogP contribution is 2.45. The fraction of sp³-hybridized carbons (Fsp3) is 0.417. The molecule has 0 radical (unpaired) electrons. The Kier molecular flexibility index (Phi) is 4.46. The van der Waals surface area contributed by atoms with Crippen molar-refractivity contribution < 1.29 is 41.5 Å². The maximum absolute atomic E-state index is 12.6. The fourth-order valence-corrected chi connectivity index (χ4v) is 3.08. The number of rotatable bonds is 8. The molecule has 2 aromatic carbocycles. The first-order valence-electron chi connectivity index (χ1n) is 12.7. The predicted octanol–water partition coefficient (Wildman–Crippen LogP) is 4.40. The summed E-state index contributed by atoms with van der Waals surface area (Å²) >= 11 is 0. The number of carbonyl (C=O) groups is 2. The molecule has 0 amide bonds. The Morgan fingerprint density at radius 2 is 1.87 bits per heavy atom. The van der Waals surface area contributed by atoms with Crippen molar-refractivity contribution in [1.29, 1.82) is 0 Å². The van der Waals surface area contributed by atoms with E-state index in [-0.39, 0.29) is 25.1 Å². The van der Waals surface area contributed by atoms with E-state index in [2.05, 4.69) is 0 Å². The van der Waals surface area contributed by atoms with Crippen molar-refractivity contribution in [1.82, 2.24) is 0 Å². The van der Waals surface area contributed by atoms with Crippen LogP contribution in [0.25, 0.3) is 11.1 Å². The molecule has 0 unspecified atom stereocenters. The Morgan fingerprint density at radius 1 is 1.13 bits per heavy atom. The van der Waals surface area contributed by atoms with Gasteiger partial charge in [0, 0.05) is 11.1 Å². The molecule has 0 N–H and O–H groups in total. The molecule has 7 nitrogen and oxygen atoms in total. The number of benzene rings is 2. The van der Waals surface area contributed by atoms with Gasteiger partial charge in [-0.1, -0.05) is 6.07 Å². The standard InChI is InChI=1S/C24H28O7/c1-14(2)31-23(26)24(3,4)13-30-20-17(9-10-19(27-5)21(20)28-6)15-7-8-18-16(11-15)12-29-22(18)25/h7-11,14H,12-13H2,1-6H3/i5D3,6D3. The van der Waals surface area contributed by atoms with Crippen molar-refractivity contribution in [2.45, 2.75) is 40.4 Å². The predicted molar refractivity (Wildman–Crippen MR) is 115 cm³/mol. The van der Waals surface area contributed by atoms with Gasteiger partial charge in [0.15, 0.2) is 11.5 Å². The Hall–Kier alpha value is -3.22. The monoisotopic (exact) mass is 434 g/mol. The van der Waals surface area contributed by atoms with Gasteiger partial charge in [-0.15, -0.1) is 0 Å². The van der Waals surface area contributed by atoms with Crippen LogP contribution in [0.1, 0.15) is 51.8 Å². The molecule has 0 aromatic heterocycles. The Labute approximate surface area is 190 Å². The van der Waals surface area contributed by atoms with Crippen LogP contribution in [0.4, 0.5) is 0 Å². The number of ether oxygens (including phenoxy) is 5. The van der Waals surface area contributed by atoms with Crippen molar-refractivity contribution in [3.05, 3.63) is 41.5 Å². The summed E-state index contributed by atoms with van der Waals surface area (Å²) in [5, 5.41) is 0. The van der Waals surface area contributed by atoms with Gasteiger partial charge in [-0.3, -0.25) is 4.79 Å². The summed E-state index contributed by atoms with van der Waals surface area (Å²) in [6.07, 6.45) is -0.371. The molecule has 31 heavy (non-hydrogen) atoms. The molecule has 1 aliphatic rings. The van der Waals surface area contributed by atoms with Crippen LogP contribution < -0.4 is 14.2 Å². The molecular formula is C24H28O7. The van der Waals surface area contributed by atoms with Gasteiger partial charge in [-0.05, 0) is 57.5 Å². The molecule has 2 aromatic rings. The van der Waals surface area contributed by atoms with Crippen LogP contribution in [0, 0.1) is 5.41 Å².